The van der Waals surface area contributed by atoms with Gasteiger partial charge >= 0.3 is 0 Å². The van der Waals surface area contributed by atoms with Crippen LogP contribution in [0.1, 0.15) is 42.1 Å². The van der Waals surface area contributed by atoms with E-state index in [4.69, 9.17) is 4.74 Å². The van der Waals surface area contributed by atoms with E-state index in [0.29, 0.717) is 11.3 Å². The van der Waals surface area contributed by atoms with Crippen LogP contribution in [0.5, 0.6) is 11.5 Å². The van der Waals surface area contributed by atoms with E-state index in [1.165, 1.54) is 24.8 Å². The largest absolute Gasteiger partial charge is 0.457 e. The summed E-state index contributed by atoms with van der Waals surface area (Å²) in [4.78, 5) is 10.7. The molecule has 0 spiro atoms. The summed E-state index contributed by atoms with van der Waals surface area (Å²) in [6.07, 6.45) is 5.70. The van der Waals surface area contributed by atoms with Crippen molar-refractivity contribution in [3.05, 3.63) is 59.7 Å². The molecule has 0 radical (unpaired) electrons. The van der Waals surface area contributed by atoms with Gasteiger partial charge in [-0.25, -0.2) is 0 Å². The number of ether oxygens (including phenoxy) is 1. The number of hydrogen-bond acceptors (Lipinski definition) is 2. The fourth-order valence-electron chi connectivity index (χ4n) is 2.09. The van der Waals surface area contributed by atoms with Crippen LogP contribution in [-0.4, -0.2) is 6.29 Å². The van der Waals surface area contributed by atoms with E-state index in [2.05, 4.69) is 19.1 Å². The molecule has 0 N–H and O–H groups in total. The van der Waals surface area contributed by atoms with Crippen LogP contribution in [0, 0.1) is 0 Å². The normalized spacial score (nSPS) is 10.2. The SMILES string of the molecule is CCCCCc1ccc(Oc2cccc(C=O)c2)cc1. The summed E-state index contributed by atoms with van der Waals surface area (Å²) in [7, 11) is 0. The number of carbonyl (C=O) groups is 1. The van der Waals surface area contributed by atoms with Crippen molar-refractivity contribution in [2.45, 2.75) is 32.6 Å². The van der Waals surface area contributed by atoms with Gasteiger partial charge in [0.15, 0.2) is 0 Å². The van der Waals surface area contributed by atoms with Crippen LogP contribution < -0.4 is 4.74 Å². The molecule has 0 aliphatic rings. The molecule has 0 heterocycles. The van der Waals surface area contributed by atoms with Crippen molar-refractivity contribution in [1.29, 1.82) is 0 Å². The highest BCUT2D eigenvalue weighted by Gasteiger charge is 1.99. The van der Waals surface area contributed by atoms with Crippen LogP contribution in [0.4, 0.5) is 0 Å². The van der Waals surface area contributed by atoms with Crippen LogP contribution in [0.25, 0.3) is 0 Å². The van der Waals surface area contributed by atoms with Crippen LogP contribution in [0.3, 0.4) is 0 Å². The first-order chi connectivity index (χ1) is 9.81. The molecule has 2 rings (SSSR count). The smallest absolute Gasteiger partial charge is 0.150 e. The van der Waals surface area contributed by atoms with E-state index in [9.17, 15) is 4.79 Å². The van der Waals surface area contributed by atoms with Crippen LogP contribution in [-0.2, 0) is 6.42 Å². The second-order valence-corrected chi connectivity index (χ2v) is 4.89. The second-order valence-electron chi connectivity index (χ2n) is 4.89. The van der Waals surface area contributed by atoms with Crippen molar-refractivity contribution in [3.8, 4) is 11.5 Å². The van der Waals surface area contributed by atoms with Gasteiger partial charge in [0.1, 0.15) is 17.8 Å². The van der Waals surface area contributed by atoms with E-state index in [1.807, 2.05) is 24.3 Å². The maximum atomic E-state index is 10.7. The Kier molecular flexibility index (Phi) is 5.36. The van der Waals surface area contributed by atoms with Gasteiger partial charge in [-0.15, -0.1) is 0 Å². The first-order valence-electron chi connectivity index (χ1n) is 7.14. The summed E-state index contributed by atoms with van der Waals surface area (Å²) in [5.74, 6) is 1.49. The third-order valence-electron chi connectivity index (χ3n) is 3.22. The molecule has 0 bridgehead atoms. The topological polar surface area (TPSA) is 26.3 Å². The minimum absolute atomic E-state index is 0.624. The van der Waals surface area contributed by atoms with Crippen molar-refractivity contribution >= 4 is 6.29 Å². The fraction of sp³-hybridized carbons (Fsp3) is 0.278. The molecule has 2 heteroatoms. The Bertz CT molecular complexity index is 544. The summed E-state index contributed by atoms with van der Waals surface area (Å²) < 4.78 is 5.74. The average molecular weight is 268 g/mol. The predicted molar refractivity (Wildman–Crippen MR) is 81.6 cm³/mol. The van der Waals surface area contributed by atoms with Crippen molar-refractivity contribution in [2.24, 2.45) is 0 Å². The molecule has 0 unspecified atom stereocenters. The highest BCUT2D eigenvalue weighted by Crippen LogP contribution is 2.22. The molecule has 0 aliphatic heterocycles. The maximum Gasteiger partial charge on any atom is 0.150 e. The van der Waals surface area contributed by atoms with Crippen molar-refractivity contribution in [3.63, 3.8) is 0 Å². The van der Waals surface area contributed by atoms with Crippen molar-refractivity contribution < 1.29 is 9.53 Å². The highest BCUT2D eigenvalue weighted by molar-refractivity contribution is 5.75. The minimum Gasteiger partial charge on any atom is -0.457 e. The monoisotopic (exact) mass is 268 g/mol. The summed E-state index contributed by atoms with van der Waals surface area (Å²) in [6.45, 7) is 2.21. The zero-order chi connectivity index (χ0) is 14.2. The van der Waals surface area contributed by atoms with Gasteiger partial charge in [-0.05, 0) is 42.7 Å². The number of benzene rings is 2. The van der Waals surface area contributed by atoms with Gasteiger partial charge < -0.3 is 4.74 Å². The lowest BCUT2D eigenvalue weighted by Crippen LogP contribution is -1.88. The Labute approximate surface area is 120 Å². The molecule has 2 nitrogen and oxygen atoms in total. The molecule has 20 heavy (non-hydrogen) atoms. The van der Waals surface area contributed by atoms with E-state index >= 15 is 0 Å². The van der Waals surface area contributed by atoms with Gasteiger partial charge in [0.25, 0.3) is 0 Å². The Morgan fingerprint density at radius 2 is 1.80 bits per heavy atom. The summed E-state index contributed by atoms with van der Waals surface area (Å²) >= 11 is 0. The molecule has 0 aromatic heterocycles. The molecular formula is C18H20O2. The van der Waals surface area contributed by atoms with Crippen LogP contribution >= 0.6 is 0 Å². The van der Waals surface area contributed by atoms with E-state index in [0.717, 1.165) is 18.5 Å². The van der Waals surface area contributed by atoms with Gasteiger partial charge in [-0.3, -0.25) is 4.79 Å². The van der Waals surface area contributed by atoms with Gasteiger partial charge in [0.05, 0.1) is 0 Å². The number of aryl methyl sites for hydroxylation is 1. The van der Waals surface area contributed by atoms with Gasteiger partial charge in [-0.2, -0.15) is 0 Å². The predicted octanol–water partition coefficient (Wildman–Crippen LogP) is 5.02. The first-order valence-corrected chi connectivity index (χ1v) is 7.14. The zero-order valence-corrected chi connectivity index (χ0v) is 11.8. The van der Waals surface area contributed by atoms with Gasteiger partial charge in [0, 0.05) is 5.56 Å². The molecule has 0 saturated carbocycles. The summed E-state index contributed by atoms with van der Waals surface area (Å²) in [6, 6.07) is 15.3. The van der Waals surface area contributed by atoms with Crippen molar-refractivity contribution in [1.82, 2.24) is 0 Å². The Hall–Kier alpha value is -2.09. The molecule has 2 aromatic carbocycles. The average Bonchev–Trinajstić information content (AvgIpc) is 2.49. The summed E-state index contributed by atoms with van der Waals surface area (Å²) in [5, 5.41) is 0. The number of unbranched alkanes of at least 4 members (excludes halogenated alkanes) is 2. The van der Waals surface area contributed by atoms with Gasteiger partial charge in [0.2, 0.25) is 0 Å². The Morgan fingerprint density at radius 3 is 2.50 bits per heavy atom. The van der Waals surface area contributed by atoms with E-state index < -0.39 is 0 Å². The molecular weight excluding hydrogens is 248 g/mol. The summed E-state index contributed by atoms with van der Waals surface area (Å²) in [5.41, 5.74) is 1.96. The highest BCUT2D eigenvalue weighted by atomic mass is 16.5. The Balaban J connectivity index is 1.97. The number of rotatable bonds is 7. The first kappa shape index (κ1) is 14.3. The lowest BCUT2D eigenvalue weighted by Gasteiger charge is -2.07. The molecule has 0 amide bonds. The number of hydrogen-bond donors (Lipinski definition) is 0. The standard InChI is InChI=1S/C18H20O2/c1-2-3-4-6-15-9-11-17(12-10-15)20-18-8-5-7-16(13-18)14-19/h5,7-14H,2-4,6H2,1H3. The maximum absolute atomic E-state index is 10.7. The molecule has 2 aromatic rings. The van der Waals surface area contributed by atoms with Crippen LogP contribution in [0.15, 0.2) is 48.5 Å². The van der Waals surface area contributed by atoms with Crippen LogP contribution in [0.2, 0.25) is 0 Å². The molecule has 0 aliphatic carbocycles. The minimum atomic E-state index is 0.624. The second kappa shape index (κ2) is 7.49. The third kappa shape index (κ3) is 4.23. The fourth-order valence-corrected chi connectivity index (χ4v) is 2.09. The molecule has 0 fully saturated rings. The zero-order valence-electron chi connectivity index (χ0n) is 11.8. The lowest BCUT2D eigenvalue weighted by molar-refractivity contribution is 0.112. The molecule has 104 valence electrons. The van der Waals surface area contributed by atoms with Crippen molar-refractivity contribution in [2.75, 3.05) is 0 Å². The molecule has 0 saturated heterocycles. The quantitative estimate of drug-likeness (QED) is 0.520. The molecule has 0 atom stereocenters. The number of carbonyl (C=O) groups excluding carboxylic acids is 1. The van der Waals surface area contributed by atoms with E-state index in [-0.39, 0.29) is 0 Å². The number of aldehydes is 1. The third-order valence-corrected chi connectivity index (χ3v) is 3.22. The Morgan fingerprint density at radius 1 is 1.00 bits per heavy atom. The van der Waals surface area contributed by atoms with E-state index in [1.54, 1.807) is 12.1 Å². The lowest BCUT2D eigenvalue weighted by atomic mass is 10.1. The van der Waals surface area contributed by atoms with Gasteiger partial charge in [-0.1, -0.05) is 44.0 Å².